The lowest BCUT2D eigenvalue weighted by molar-refractivity contribution is -0.139. The maximum Gasteiger partial charge on any atom is 0.311 e. The number of carbonyl (C=O) groups excluding carboxylic acids is 1. The Morgan fingerprint density at radius 1 is 1.38 bits per heavy atom. The third-order valence-electron chi connectivity index (χ3n) is 2.29. The molecule has 1 heterocycles. The van der Waals surface area contributed by atoms with Crippen LogP contribution in [0.1, 0.15) is 5.69 Å². The zero-order valence-corrected chi connectivity index (χ0v) is 10.3. The van der Waals surface area contributed by atoms with Crippen molar-refractivity contribution in [1.29, 1.82) is 0 Å². The molecule has 0 saturated heterocycles. The molecule has 0 unspecified atom stereocenters. The van der Waals surface area contributed by atoms with Crippen molar-refractivity contribution in [3.05, 3.63) is 40.6 Å². The van der Waals surface area contributed by atoms with Crippen LogP contribution in [0.5, 0.6) is 0 Å². The molecule has 0 fully saturated rings. The predicted molar refractivity (Wildman–Crippen MR) is 65.2 cm³/mol. The number of benzene rings is 1. The van der Waals surface area contributed by atoms with Crippen LogP contribution >= 0.6 is 15.9 Å². The first-order valence-electron chi connectivity index (χ1n) is 4.80. The topological polar surface area (TPSA) is 39.2 Å². The smallest absolute Gasteiger partial charge is 0.311 e. The van der Waals surface area contributed by atoms with E-state index < -0.39 is 0 Å². The Morgan fingerprint density at radius 3 is 2.94 bits per heavy atom. The molecule has 0 aliphatic rings. The number of carbonyl (C=O) groups is 1. The molecule has 1 aromatic heterocycles. The van der Waals surface area contributed by atoms with Gasteiger partial charge in [0.15, 0.2) is 0 Å². The lowest BCUT2D eigenvalue weighted by atomic mass is 10.1. The second-order valence-corrected chi connectivity index (χ2v) is 4.34. The average Bonchev–Trinajstić information content (AvgIpc) is 2.28. The third kappa shape index (κ3) is 2.39. The molecule has 2 rings (SSSR count). The molecule has 0 N–H and O–H groups in total. The number of rotatable bonds is 2. The van der Waals surface area contributed by atoms with E-state index in [4.69, 9.17) is 0 Å². The third-order valence-corrected chi connectivity index (χ3v) is 2.79. The number of fused-ring (bicyclic) bond motifs is 1. The molecule has 16 heavy (non-hydrogen) atoms. The number of aromatic nitrogens is 1. The molecule has 0 bridgehead atoms. The van der Waals surface area contributed by atoms with Crippen molar-refractivity contribution in [3.8, 4) is 0 Å². The first-order valence-corrected chi connectivity index (χ1v) is 5.59. The zero-order chi connectivity index (χ0) is 11.5. The number of halogens is 1. The van der Waals surface area contributed by atoms with Gasteiger partial charge >= 0.3 is 5.97 Å². The van der Waals surface area contributed by atoms with Crippen LogP contribution in [0.4, 0.5) is 0 Å². The highest BCUT2D eigenvalue weighted by Gasteiger charge is 2.05. The van der Waals surface area contributed by atoms with Crippen LogP contribution in [-0.4, -0.2) is 18.1 Å². The van der Waals surface area contributed by atoms with Gasteiger partial charge in [0.2, 0.25) is 0 Å². The van der Waals surface area contributed by atoms with Gasteiger partial charge in [-0.1, -0.05) is 22.0 Å². The lowest BCUT2D eigenvalue weighted by Crippen LogP contribution is -2.05. The normalized spacial score (nSPS) is 10.4. The standard InChI is InChI=1S/C12H10BrNO2/c1-16-12(15)6-11-5-9-4-10(13)3-2-8(9)7-14-11/h2-5,7H,6H2,1H3. The first-order chi connectivity index (χ1) is 7.69. The van der Waals surface area contributed by atoms with Gasteiger partial charge in [0.05, 0.1) is 19.2 Å². The summed E-state index contributed by atoms with van der Waals surface area (Å²) in [5, 5.41) is 2.11. The van der Waals surface area contributed by atoms with E-state index >= 15 is 0 Å². The molecular weight excluding hydrogens is 270 g/mol. The van der Waals surface area contributed by atoms with E-state index in [-0.39, 0.29) is 12.4 Å². The van der Waals surface area contributed by atoms with E-state index in [0.29, 0.717) is 0 Å². The number of nitrogens with zero attached hydrogens (tertiary/aromatic N) is 1. The van der Waals surface area contributed by atoms with Crippen LogP contribution in [0.3, 0.4) is 0 Å². The maximum absolute atomic E-state index is 11.1. The summed E-state index contributed by atoms with van der Waals surface area (Å²) in [4.78, 5) is 15.3. The lowest BCUT2D eigenvalue weighted by Gasteiger charge is -2.02. The van der Waals surface area contributed by atoms with E-state index in [1.807, 2.05) is 24.3 Å². The number of ether oxygens (including phenoxy) is 1. The van der Waals surface area contributed by atoms with Gasteiger partial charge in [-0.25, -0.2) is 0 Å². The summed E-state index contributed by atoms with van der Waals surface area (Å²) in [5.74, 6) is -0.276. The summed E-state index contributed by atoms with van der Waals surface area (Å²) >= 11 is 3.41. The second kappa shape index (κ2) is 4.61. The minimum Gasteiger partial charge on any atom is -0.469 e. The van der Waals surface area contributed by atoms with Crippen LogP contribution in [0, 0.1) is 0 Å². The molecule has 0 spiro atoms. The Kier molecular flexibility index (Phi) is 3.19. The van der Waals surface area contributed by atoms with Crippen LogP contribution in [0.25, 0.3) is 10.8 Å². The number of hydrogen-bond acceptors (Lipinski definition) is 3. The molecule has 4 heteroatoms. The summed E-state index contributed by atoms with van der Waals surface area (Å²) in [6.07, 6.45) is 1.97. The minimum atomic E-state index is -0.276. The molecule has 0 aliphatic carbocycles. The van der Waals surface area contributed by atoms with E-state index in [0.717, 1.165) is 20.9 Å². The van der Waals surface area contributed by atoms with E-state index in [9.17, 15) is 4.79 Å². The van der Waals surface area contributed by atoms with Crippen LogP contribution in [0.15, 0.2) is 34.9 Å². The van der Waals surface area contributed by atoms with Gasteiger partial charge in [0.25, 0.3) is 0 Å². The molecule has 0 amide bonds. The number of methoxy groups -OCH3 is 1. The molecular formula is C12H10BrNO2. The van der Waals surface area contributed by atoms with Crippen LogP contribution in [0.2, 0.25) is 0 Å². The molecule has 2 aromatic rings. The van der Waals surface area contributed by atoms with E-state index in [2.05, 4.69) is 25.7 Å². The van der Waals surface area contributed by atoms with Gasteiger partial charge < -0.3 is 4.74 Å². The fraction of sp³-hybridized carbons (Fsp3) is 0.167. The minimum absolute atomic E-state index is 0.207. The Hall–Kier alpha value is -1.42. The maximum atomic E-state index is 11.1. The zero-order valence-electron chi connectivity index (χ0n) is 8.74. The van der Waals surface area contributed by atoms with Crippen molar-refractivity contribution in [2.24, 2.45) is 0 Å². The van der Waals surface area contributed by atoms with Crippen molar-refractivity contribution < 1.29 is 9.53 Å². The highest BCUT2D eigenvalue weighted by molar-refractivity contribution is 9.10. The summed E-state index contributed by atoms with van der Waals surface area (Å²) in [6.45, 7) is 0. The Morgan fingerprint density at radius 2 is 2.19 bits per heavy atom. The number of hydrogen-bond donors (Lipinski definition) is 0. The molecule has 0 radical (unpaired) electrons. The van der Waals surface area contributed by atoms with Crippen LogP contribution < -0.4 is 0 Å². The molecule has 0 saturated carbocycles. The molecule has 0 aliphatic heterocycles. The van der Waals surface area contributed by atoms with Crippen LogP contribution in [-0.2, 0) is 16.0 Å². The van der Waals surface area contributed by atoms with Gasteiger partial charge in [0.1, 0.15) is 0 Å². The fourth-order valence-corrected chi connectivity index (χ4v) is 1.85. The van der Waals surface area contributed by atoms with Gasteiger partial charge in [-0.3, -0.25) is 9.78 Å². The Labute approximate surface area is 102 Å². The quantitative estimate of drug-likeness (QED) is 0.794. The number of pyridine rings is 1. The highest BCUT2D eigenvalue weighted by atomic mass is 79.9. The van der Waals surface area contributed by atoms with Crippen molar-refractivity contribution >= 4 is 32.7 Å². The summed E-state index contributed by atoms with van der Waals surface area (Å²) in [6, 6.07) is 7.84. The first kappa shape index (κ1) is 11.1. The van der Waals surface area contributed by atoms with Crippen molar-refractivity contribution in [3.63, 3.8) is 0 Å². The largest absolute Gasteiger partial charge is 0.469 e. The van der Waals surface area contributed by atoms with E-state index in [1.54, 1.807) is 6.20 Å². The highest BCUT2D eigenvalue weighted by Crippen LogP contribution is 2.19. The average molecular weight is 280 g/mol. The predicted octanol–water partition coefficient (Wildman–Crippen LogP) is 2.71. The Balaban J connectivity index is 2.39. The molecule has 3 nitrogen and oxygen atoms in total. The number of esters is 1. The second-order valence-electron chi connectivity index (χ2n) is 3.42. The SMILES string of the molecule is COC(=O)Cc1cc2cc(Br)ccc2cn1. The van der Waals surface area contributed by atoms with E-state index in [1.165, 1.54) is 7.11 Å². The molecule has 1 aromatic carbocycles. The Bertz CT molecular complexity index is 540. The summed E-state index contributed by atoms with van der Waals surface area (Å²) in [5.41, 5.74) is 0.720. The van der Waals surface area contributed by atoms with Gasteiger partial charge in [-0.2, -0.15) is 0 Å². The monoisotopic (exact) mass is 279 g/mol. The van der Waals surface area contributed by atoms with Gasteiger partial charge in [-0.05, 0) is 23.6 Å². The van der Waals surface area contributed by atoms with Gasteiger partial charge in [-0.15, -0.1) is 0 Å². The van der Waals surface area contributed by atoms with Crippen molar-refractivity contribution in [2.75, 3.05) is 7.11 Å². The fourth-order valence-electron chi connectivity index (χ4n) is 1.47. The molecule has 82 valence electrons. The summed E-state index contributed by atoms with van der Waals surface area (Å²) < 4.78 is 5.61. The molecule has 0 atom stereocenters. The van der Waals surface area contributed by atoms with Gasteiger partial charge in [0, 0.05) is 16.1 Å². The van der Waals surface area contributed by atoms with Crippen molar-refractivity contribution in [2.45, 2.75) is 6.42 Å². The van der Waals surface area contributed by atoms with Crippen molar-refractivity contribution in [1.82, 2.24) is 4.98 Å². The summed E-state index contributed by atoms with van der Waals surface area (Å²) in [7, 11) is 1.37.